The van der Waals surface area contributed by atoms with Crippen molar-refractivity contribution in [3.8, 4) is 0 Å². The first-order chi connectivity index (χ1) is 17.0. The van der Waals surface area contributed by atoms with Crippen LogP contribution in [0.5, 0.6) is 0 Å². The van der Waals surface area contributed by atoms with E-state index >= 15 is 0 Å². The van der Waals surface area contributed by atoms with Gasteiger partial charge in [0, 0.05) is 40.4 Å². The van der Waals surface area contributed by atoms with Crippen LogP contribution >= 0.6 is 11.6 Å². The molecule has 1 amide bonds. The van der Waals surface area contributed by atoms with E-state index < -0.39 is 17.3 Å². The van der Waals surface area contributed by atoms with Crippen LogP contribution in [0.25, 0.3) is 10.8 Å². The van der Waals surface area contributed by atoms with E-state index in [1.165, 1.54) is 6.07 Å². The predicted molar refractivity (Wildman–Crippen MR) is 135 cm³/mol. The summed E-state index contributed by atoms with van der Waals surface area (Å²) in [6.07, 6.45) is -4.31. The standard InChI is InChI=1S/C27H25ClF3N3O2/c1-4-32-16(2)15-33-25(35)23-10-9-22(20-7-5-6-8-21(20)23)24-14-26(3,36-34-24)17-11-18(27(29,30)31)13-19(28)12-17/h5-13,32H,2,4,14-15H2,1,3H3,(H,33,35). The Hall–Kier alpha value is -3.52. The maximum atomic E-state index is 13.3. The van der Waals surface area contributed by atoms with E-state index in [1.54, 1.807) is 19.1 Å². The van der Waals surface area contributed by atoms with Crippen LogP contribution in [0.1, 0.15) is 47.3 Å². The molecular formula is C27H25ClF3N3O2. The van der Waals surface area contributed by atoms with Gasteiger partial charge < -0.3 is 15.5 Å². The quantitative estimate of drug-likeness (QED) is 0.382. The summed E-state index contributed by atoms with van der Waals surface area (Å²) in [7, 11) is 0. The van der Waals surface area contributed by atoms with E-state index in [0.717, 1.165) is 28.5 Å². The minimum absolute atomic E-state index is 0.0317. The number of hydrogen-bond donors (Lipinski definition) is 2. The number of oxime groups is 1. The van der Waals surface area contributed by atoms with Gasteiger partial charge in [-0.05, 0) is 48.9 Å². The molecule has 1 aliphatic rings. The Morgan fingerprint density at radius 1 is 1.14 bits per heavy atom. The smallest absolute Gasteiger partial charge is 0.388 e. The van der Waals surface area contributed by atoms with Crippen molar-refractivity contribution >= 4 is 34.0 Å². The second-order valence-electron chi connectivity index (χ2n) is 8.79. The summed E-state index contributed by atoms with van der Waals surface area (Å²) in [6, 6.07) is 14.3. The van der Waals surface area contributed by atoms with Gasteiger partial charge in [-0.1, -0.05) is 53.7 Å². The van der Waals surface area contributed by atoms with E-state index in [0.29, 0.717) is 30.1 Å². The molecule has 0 aliphatic carbocycles. The fraction of sp³-hybridized carbons (Fsp3) is 0.259. The Bertz CT molecular complexity index is 1370. The predicted octanol–water partition coefficient (Wildman–Crippen LogP) is 6.40. The van der Waals surface area contributed by atoms with Gasteiger partial charge in [-0.15, -0.1) is 0 Å². The monoisotopic (exact) mass is 515 g/mol. The van der Waals surface area contributed by atoms with Gasteiger partial charge in [0.1, 0.15) is 0 Å². The van der Waals surface area contributed by atoms with Gasteiger partial charge in [0.15, 0.2) is 5.60 Å². The lowest BCUT2D eigenvalue weighted by molar-refractivity contribution is -0.137. The Balaban J connectivity index is 1.64. The maximum Gasteiger partial charge on any atom is 0.416 e. The van der Waals surface area contributed by atoms with Gasteiger partial charge in [0.25, 0.3) is 5.91 Å². The van der Waals surface area contributed by atoms with Gasteiger partial charge in [-0.2, -0.15) is 13.2 Å². The first kappa shape index (κ1) is 25.6. The van der Waals surface area contributed by atoms with Gasteiger partial charge in [-0.3, -0.25) is 4.79 Å². The van der Waals surface area contributed by atoms with Crippen LogP contribution in [-0.4, -0.2) is 24.7 Å². The molecule has 0 bridgehead atoms. The first-order valence-corrected chi connectivity index (χ1v) is 11.7. The Morgan fingerprint density at radius 2 is 1.86 bits per heavy atom. The lowest BCUT2D eigenvalue weighted by atomic mass is 9.86. The highest BCUT2D eigenvalue weighted by molar-refractivity contribution is 6.30. The molecule has 1 heterocycles. The van der Waals surface area contributed by atoms with Crippen molar-refractivity contribution in [3.05, 3.63) is 94.1 Å². The van der Waals surface area contributed by atoms with Crippen molar-refractivity contribution in [2.24, 2.45) is 5.16 Å². The number of carbonyl (C=O) groups is 1. The van der Waals surface area contributed by atoms with Crippen LogP contribution in [0.3, 0.4) is 0 Å². The second kappa shape index (κ2) is 9.85. The molecule has 0 radical (unpaired) electrons. The van der Waals surface area contributed by atoms with Crippen molar-refractivity contribution in [3.63, 3.8) is 0 Å². The molecule has 0 saturated carbocycles. The zero-order chi connectivity index (χ0) is 26.1. The molecule has 0 aromatic heterocycles. The maximum absolute atomic E-state index is 13.3. The zero-order valence-electron chi connectivity index (χ0n) is 19.8. The van der Waals surface area contributed by atoms with Gasteiger partial charge >= 0.3 is 6.18 Å². The number of amides is 1. The molecule has 0 fully saturated rings. The summed E-state index contributed by atoms with van der Waals surface area (Å²) >= 11 is 6.00. The molecule has 9 heteroatoms. The second-order valence-corrected chi connectivity index (χ2v) is 9.22. The minimum Gasteiger partial charge on any atom is -0.388 e. The number of likely N-dealkylation sites (N-methyl/N-ethyl adjacent to an activating group) is 1. The van der Waals surface area contributed by atoms with E-state index in [2.05, 4.69) is 22.4 Å². The van der Waals surface area contributed by atoms with Crippen LogP contribution in [0.4, 0.5) is 13.2 Å². The Kier molecular flexibility index (Phi) is 7.00. The molecule has 2 N–H and O–H groups in total. The van der Waals surface area contributed by atoms with Crippen LogP contribution in [0.2, 0.25) is 5.02 Å². The van der Waals surface area contributed by atoms with E-state index in [-0.39, 0.29) is 22.9 Å². The summed E-state index contributed by atoms with van der Waals surface area (Å²) in [6.45, 7) is 8.50. The summed E-state index contributed by atoms with van der Waals surface area (Å²) in [4.78, 5) is 18.6. The highest BCUT2D eigenvalue weighted by Gasteiger charge is 2.40. The first-order valence-electron chi connectivity index (χ1n) is 11.4. The van der Waals surface area contributed by atoms with Crippen molar-refractivity contribution in [1.82, 2.24) is 10.6 Å². The molecule has 1 unspecified atom stereocenters. The Labute approximate surface area is 212 Å². The number of benzene rings is 3. The fourth-order valence-corrected chi connectivity index (χ4v) is 4.48. The average Bonchev–Trinajstić information content (AvgIpc) is 3.24. The van der Waals surface area contributed by atoms with Crippen molar-refractivity contribution < 1.29 is 22.8 Å². The molecule has 3 aromatic rings. The zero-order valence-corrected chi connectivity index (χ0v) is 20.6. The van der Waals surface area contributed by atoms with Gasteiger partial charge in [0.05, 0.1) is 17.8 Å². The summed E-state index contributed by atoms with van der Waals surface area (Å²) in [5, 5.41) is 11.6. The molecule has 1 aliphatic heterocycles. The van der Waals surface area contributed by atoms with Gasteiger partial charge in [-0.25, -0.2) is 0 Å². The van der Waals surface area contributed by atoms with Crippen molar-refractivity contribution in [2.45, 2.75) is 32.0 Å². The third-order valence-corrected chi connectivity index (χ3v) is 6.28. The van der Waals surface area contributed by atoms with Crippen LogP contribution in [0, 0.1) is 0 Å². The number of hydrogen-bond acceptors (Lipinski definition) is 4. The highest BCUT2D eigenvalue weighted by atomic mass is 35.5. The number of rotatable bonds is 7. The SMILES string of the molecule is C=C(CNC(=O)c1ccc(C2=NOC(C)(c3cc(Cl)cc(C(F)(F)F)c3)C2)c2ccccc12)NCC. The Morgan fingerprint density at radius 3 is 2.56 bits per heavy atom. The number of nitrogens with one attached hydrogen (secondary N) is 2. The third kappa shape index (κ3) is 5.18. The minimum atomic E-state index is -4.54. The number of nitrogens with zero attached hydrogens (tertiary/aromatic N) is 1. The summed E-state index contributed by atoms with van der Waals surface area (Å²) in [5.41, 5.74) is 0.798. The molecule has 3 aromatic carbocycles. The normalized spacial score (nSPS) is 17.4. The van der Waals surface area contributed by atoms with Crippen LogP contribution in [0.15, 0.2) is 72.0 Å². The number of carbonyl (C=O) groups excluding carboxylic acids is 1. The lowest BCUT2D eigenvalue weighted by Gasteiger charge is -2.23. The number of fused-ring (bicyclic) bond motifs is 1. The van der Waals surface area contributed by atoms with Crippen LogP contribution < -0.4 is 10.6 Å². The highest BCUT2D eigenvalue weighted by Crippen LogP contribution is 2.41. The van der Waals surface area contributed by atoms with Gasteiger partial charge in [0.2, 0.25) is 0 Å². The molecule has 5 nitrogen and oxygen atoms in total. The van der Waals surface area contributed by atoms with Crippen LogP contribution in [-0.2, 0) is 16.6 Å². The van der Waals surface area contributed by atoms with Crippen molar-refractivity contribution in [1.29, 1.82) is 0 Å². The van der Waals surface area contributed by atoms with E-state index in [9.17, 15) is 18.0 Å². The van der Waals surface area contributed by atoms with Crippen molar-refractivity contribution in [2.75, 3.05) is 13.1 Å². The lowest BCUT2D eigenvalue weighted by Crippen LogP contribution is -2.30. The topological polar surface area (TPSA) is 62.7 Å². The molecule has 4 rings (SSSR count). The molecule has 1 atom stereocenters. The summed E-state index contributed by atoms with van der Waals surface area (Å²) in [5.74, 6) is -0.246. The fourth-order valence-electron chi connectivity index (χ4n) is 4.24. The molecule has 188 valence electrons. The molecular weight excluding hydrogens is 491 g/mol. The summed E-state index contributed by atoms with van der Waals surface area (Å²) < 4.78 is 40.0. The number of halogens is 4. The largest absolute Gasteiger partial charge is 0.416 e. The number of alkyl halides is 3. The third-order valence-electron chi connectivity index (χ3n) is 6.07. The van der Waals surface area contributed by atoms with E-state index in [4.69, 9.17) is 16.4 Å². The molecule has 0 saturated heterocycles. The van der Waals surface area contributed by atoms with E-state index in [1.807, 2.05) is 31.2 Å². The molecule has 36 heavy (non-hydrogen) atoms. The average molecular weight is 516 g/mol. The molecule has 0 spiro atoms.